The second-order valence-corrected chi connectivity index (χ2v) is 12.7. The van der Waals surface area contributed by atoms with E-state index in [0.717, 1.165) is 11.1 Å². The van der Waals surface area contributed by atoms with Crippen LogP contribution in [0.15, 0.2) is 131 Å². The van der Waals surface area contributed by atoms with Crippen molar-refractivity contribution in [2.75, 3.05) is 11.4 Å². The van der Waals surface area contributed by atoms with Gasteiger partial charge in [-0.2, -0.15) is 5.10 Å². The van der Waals surface area contributed by atoms with Crippen LogP contribution in [0.25, 0.3) is 0 Å². The lowest BCUT2D eigenvalue weighted by molar-refractivity contribution is 0.0955. The number of carbonyl (C=O) groups is 1. The minimum Gasteiger partial charge on any atom is -0.493 e. The number of halogens is 1. The standard InChI is InChI=1S/C36H32ClN3O5S/c1-26-12-19-31(20-13-26)46(42,43)40(24-27-14-17-30(37)18-15-27)33-11-7-6-10-32(33)36(41)39-38-23-29-16-21-34(35(22-29)44-2)45-25-28-8-4-3-5-9-28/h3-23H,24-25H2,1-2H3,(H,39,41)/b38-23-. The first-order chi connectivity index (χ1) is 22.2. The summed E-state index contributed by atoms with van der Waals surface area (Å²) in [6.07, 6.45) is 1.47. The molecule has 0 aliphatic heterocycles. The van der Waals surface area contributed by atoms with Gasteiger partial charge in [-0.15, -0.1) is 0 Å². The number of carbonyl (C=O) groups excluding carboxylic acids is 1. The van der Waals surface area contributed by atoms with E-state index in [0.29, 0.717) is 34.3 Å². The molecule has 0 heterocycles. The number of ether oxygens (including phenoxy) is 2. The Kier molecular flexibility index (Phi) is 10.4. The van der Waals surface area contributed by atoms with Gasteiger partial charge in [0.1, 0.15) is 6.61 Å². The number of benzene rings is 5. The van der Waals surface area contributed by atoms with E-state index in [1.54, 1.807) is 98.1 Å². The Morgan fingerprint density at radius 3 is 2.26 bits per heavy atom. The van der Waals surface area contributed by atoms with Crippen LogP contribution < -0.4 is 19.2 Å². The number of nitrogens with zero attached hydrogens (tertiary/aromatic N) is 2. The van der Waals surface area contributed by atoms with Crippen LogP contribution in [0.5, 0.6) is 11.5 Å². The summed E-state index contributed by atoms with van der Waals surface area (Å²) in [6, 6.07) is 35.0. The van der Waals surface area contributed by atoms with Crippen LogP contribution in [0.2, 0.25) is 5.02 Å². The Balaban J connectivity index is 1.38. The van der Waals surface area contributed by atoms with Crippen LogP contribution in [0.3, 0.4) is 0 Å². The van der Waals surface area contributed by atoms with E-state index in [9.17, 15) is 13.2 Å². The van der Waals surface area contributed by atoms with Gasteiger partial charge in [0.05, 0.1) is 36.0 Å². The van der Waals surface area contributed by atoms with E-state index in [4.69, 9.17) is 21.1 Å². The fourth-order valence-corrected chi connectivity index (χ4v) is 6.22. The van der Waals surface area contributed by atoms with Gasteiger partial charge >= 0.3 is 0 Å². The minimum absolute atomic E-state index is 0.0283. The monoisotopic (exact) mass is 653 g/mol. The van der Waals surface area contributed by atoms with E-state index in [1.807, 2.05) is 37.3 Å². The number of para-hydroxylation sites is 1. The van der Waals surface area contributed by atoms with Gasteiger partial charge in [0, 0.05) is 5.02 Å². The van der Waals surface area contributed by atoms with Crippen LogP contribution in [0, 0.1) is 6.92 Å². The smallest absolute Gasteiger partial charge is 0.273 e. The first kappa shape index (κ1) is 32.3. The lowest BCUT2D eigenvalue weighted by Crippen LogP contribution is -2.33. The molecule has 1 amide bonds. The molecule has 5 aromatic rings. The first-order valence-corrected chi connectivity index (χ1v) is 16.2. The van der Waals surface area contributed by atoms with Gasteiger partial charge in [-0.25, -0.2) is 13.8 Å². The van der Waals surface area contributed by atoms with Crippen molar-refractivity contribution >= 4 is 39.4 Å². The fourth-order valence-electron chi connectivity index (χ4n) is 4.62. The Hall–Kier alpha value is -5.12. The molecule has 0 atom stereocenters. The highest BCUT2D eigenvalue weighted by Gasteiger charge is 2.28. The van der Waals surface area contributed by atoms with Gasteiger partial charge < -0.3 is 9.47 Å². The molecule has 0 unspecified atom stereocenters. The number of hydrazone groups is 1. The van der Waals surface area contributed by atoms with Crippen molar-refractivity contribution < 1.29 is 22.7 Å². The molecule has 0 saturated carbocycles. The third-order valence-electron chi connectivity index (χ3n) is 7.07. The number of methoxy groups -OCH3 is 1. The SMILES string of the molecule is COc1cc(/C=N\NC(=O)c2ccccc2N(Cc2ccc(Cl)cc2)S(=O)(=O)c2ccc(C)cc2)ccc1OCc1ccccc1. The molecule has 0 saturated heterocycles. The number of amides is 1. The van der Waals surface area contributed by atoms with Crippen LogP contribution in [0.1, 0.15) is 32.6 Å². The average molecular weight is 654 g/mol. The van der Waals surface area contributed by atoms with Crippen molar-refractivity contribution in [3.63, 3.8) is 0 Å². The molecule has 0 aliphatic rings. The number of hydrogen-bond acceptors (Lipinski definition) is 6. The summed E-state index contributed by atoms with van der Waals surface area (Å²) in [5.41, 5.74) is 6.16. The summed E-state index contributed by atoms with van der Waals surface area (Å²) >= 11 is 6.08. The molecule has 10 heteroatoms. The zero-order valence-electron chi connectivity index (χ0n) is 25.3. The summed E-state index contributed by atoms with van der Waals surface area (Å²) < 4.78 is 40.7. The number of nitrogens with one attached hydrogen (secondary N) is 1. The number of hydrogen-bond donors (Lipinski definition) is 1. The highest BCUT2D eigenvalue weighted by molar-refractivity contribution is 7.92. The summed E-state index contributed by atoms with van der Waals surface area (Å²) in [4.78, 5) is 13.6. The van der Waals surface area contributed by atoms with Gasteiger partial charge in [0.15, 0.2) is 11.5 Å². The predicted molar refractivity (Wildman–Crippen MR) is 181 cm³/mol. The largest absolute Gasteiger partial charge is 0.493 e. The van der Waals surface area contributed by atoms with Gasteiger partial charge in [-0.05, 0) is 78.2 Å². The molecule has 0 fully saturated rings. The zero-order valence-corrected chi connectivity index (χ0v) is 26.8. The summed E-state index contributed by atoms with van der Waals surface area (Å²) in [6.45, 7) is 2.24. The molecule has 0 aliphatic carbocycles. The Morgan fingerprint density at radius 2 is 1.54 bits per heavy atom. The maximum Gasteiger partial charge on any atom is 0.273 e. The predicted octanol–water partition coefficient (Wildman–Crippen LogP) is 7.40. The van der Waals surface area contributed by atoms with Crippen molar-refractivity contribution in [1.82, 2.24) is 5.43 Å². The lowest BCUT2D eigenvalue weighted by Gasteiger charge is -2.26. The van der Waals surface area contributed by atoms with Gasteiger partial charge in [0.2, 0.25) is 0 Å². The van der Waals surface area contributed by atoms with Crippen molar-refractivity contribution in [2.24, 2.45) is 5.10 Å². The molecular weight excluding hydrogens is 622 g/mol. The molecular formula is C36H32ClN3O5S. The Bertz CT molecular complexity index is 1930. The molecule has 234 valence electrons. The Labute approximate surface area is 273 Å². The minimum atomic E-state index is -4.08. The van der Waals surface area contributed by atoms with Crippen LogP contribution in [-0.4, -0.2) is 27.6 Å². The molecule has 46 heavy (non-hydrogen) atoms. The third kappa shape index (κ3) is 7.93. The maximum atomic E-state index is 14.0. The molecule has 0 bridgehead atoms. The zero-order chi connectivity index (χ0) is 32.5. The third-order valence-corrected chi connectivity index (χ3v) is 9.10. The first-order valence-electron chi connectivity index (χ1n) is 14.4. The number of rotatable bonds is 12. The van der Waals surface area contributed by atoms with E-state index in [-0.39, 0.29) is 22.7 Å². The molecule has 5 rings (SSSR count). The van der Waals surface area contributed by atoms with Gasteiger partial charge in [-0.3, -0.25) is 9.10 Å². The number of anilines is 1. The van der Waals surface area contributed by atoms with E-state index in [1.165, 1.54) is 10.5 Å². The number of aryl methyl sites for hydroxylation is 1. The lowest BCUT2D eigenvalue weighted by atomic mass is 10.1. The van der Waals surface area contributed by atoms with E-state index >= 15 is 0 Å². The normalized spacial score (nSPS) is 11.3. The second kappa shape index (κ2) is 14.8. The van der Waals surface area contributed by atoms with Gasteiger partial charge in [-0.1, -0.05) is 83.9 Å². The molecule has 1 N–H and O–H groups in total. The summed E-state index contributed by atoms with van der Waals surface area (Å²) in [5, 5.41) is 4.67. The fraction of sp³-hybridized carbons (Fsp3) is 0.111. The molecule has 0 radical (unpaired) electrons. The highest BCUT2D eigenvalue weighted by Crippen LogP contribution is 2.31. The van der Waals surface area contributed by atoms with Crippen molar-refractivity contribution in [3.05, 3.63) is 154 Å². The molecule has 8 nitrogen and oxygen atoms in total. The van der Waals surface area contributed by atoms with Gasteiger partial charge in [0.25, 0.3) is 15.9 Å². The Morgan fingerprint density at radius 1 is 0.848 bits per heavy atom. The van der Waals surface area contributed by atoms with E-state index in [2.05, 4.69) is 10.5 Å². The summed E-state index contributed by atoms with van der Waals surface area (Å²) in [7, 11) is -2.53. The van der Waals surface area contributed by atoms with Crippen molar-refractivity contribution in [3.8, 4) is 11.5 Å². The number of sulfonamides is 1. The van der Waals surface area contributed by atoms with Crippen molar-refractivity contribution in [1.29, 1.82) is 0 Å². The average Bonchev–Trinajstić information content (AvgIpc) is 3.08. The van der Waals surface area contributed by atoms with Crippen molar-refractivity contribution in [2.45, 2.75) is 25.0 Å². The highest BCUT2D eigenvalue weighted by atomic mass is 35.5. The van der Waals surface area contributed by atoms with Crippen LogP contribution in [0.4, 0.5) is 5.69 Å². The van der Waals surface area contributed by atoms with Crippen LogP contribution in [-0.2, 0) is 23.2 Å². The molecule has 0 aromatic heterocycles. The topological polar surface area (TPSA) is 97.3 Å². The second-order valence-electron chi connectivity index (χ2n) is 10.4. The molecule has 0 spiro atoms. The quantitative estimate of drug-likeness (QED) is 0.112. The van der Waals surface area contributed by atoms with E-state index < -0.39 is 15.9 Å². The van der Waals surface area contributed by atoms with Crippen LogP contribution >= 0.6 is 11.6 Å². The molecule has 5 aromatic carbocycles. The summed E-state index contributed by atoms with van der Waals surface area (Å²) in [5.74, 6) is 0.495. The maximum absolute atomic E-state index is 14.0.